The Morgan fingerprint density at radius 3 is 2.11 bits per heavy atom. The van der Waals surface area contributed by atoms with Gasteiger partial charge < -0.3 is 4.74 Å². The molecule has 3 rings (SSSR count). The lowest BCUT2D eigenvalue weighted by Crippen LogP contribution is -2.30. The van der Waals surface area contributed by atoms with Crippen LogP contribution < -0.4 is 4.74 Å². The number of nitrogens with zero attached hydrogens (tertiary/aromatic N) is 2. The number of benzene rings is 2. The molecule has 1 unspecified atom stereocenters. The molecule has 142 valence electrons. The maximum Gasteiger partial charge on any atom is 0.141 e. The molecule has 0 aliphatic heterocycles. The second-order valence-corrected chi connectivity index (χ2v) is 7.33. The number of halogens is 1. The minimum Gasteiger partial charge on any atom is -0.487 e. The summed E-state index contributed by atoms with van der Waals surface area (Å²) >= 11 is 0. The highest BCUT2D eigenvalue weighted by Gasteiger charge is 2.32. The normalized spacial score (nSPS) is 13.0. The molecule has 0 spiro atoms. The molecule has 0 radical (unpaired) electrons. The van der Waals surface area contributed by atoms with Crippen molar-refractivity contribution in [3.8, 4) is 11.8 Å². The predicted molar refractivity (Wildman–Crippen MR) is 107 cm³/mol. The number of rotatable bonds is 6. The first-order valence-electron chi connectivity index (χ1n) is 9.28. The van der Waals surface area contributed by atoms with Crippen molar-refractivity contribution in [1.82, 2.24) is 4.98 Å². The number of hydrogen-bond donors (Lipinski definition) is 0. The summed E-state index contributed by atoms with van der Waals surface area (Å²) in [6, 6.07) is 21.0. The van der Waals surface area contributed by atoms with Crippen LogP contribution >= 0.6 is 0 Å². The lowest BCUT2D eigenvalue weighted by Gasteiger charge is -2.35. The van der Waals surface area contributed by atoms with Crippen LogP contribution in [0.25, 0.3) is 0 Å². The first kappa shape index (κ1) is 19.6. The van der Waals surface area contributed by atoms with Crippen LogP contribution in [0.3, 0.4) is 0 Å². The third-order valence-electron chi connectivity index (χ3n) is 5.40. The zero-order valence-corrected chi connectivity index (χ0v) is 16.3. The molecule has 0 fully saturated rings. The highest BCUT2D eigenvalue weighted by Crippen LogP contribution is 2.39. The van der Waals surface area contributed by atoms with Crippen molar-refractivity contribution in [3.63, 3.8) is 0 Å². The minimum absolute atomic E-state index is 0.189. The Balaban J connectivity index is 1.80. The van der Waals surface area contributed by atoms with Gasteiger partial charge in [0, 0.05) is 5.41 Å². The van der Waals surface area contributed by atoms with Gasteiger partial charge in [0.05, 0.1) is 23.5 Å². The van der Waals surface area contributed by atoms with E-state index in [2.05, 4.69) is 44.0 Å². The van der Waals surface area contributed by atoms with Gasteiger partial charge in [-0.05, 0) is 53.4 Å². The van der Waals surface area contributed by atoms with Crippen LogP contribution in [0.4, 0.5) is 4.39 Å². The number of nitriles is 1. The van der Waals surface area contributed by atoms with Gasteiger partial charge in [0.1, 0.15) is 18.2 Å². The van der Waals surface area contributed by atoms with Crippen molar-refractivity contribution in [2.75, 3.05) is 0 Å². The Labute approximate surface area is 165 Å². The van der Waals surface area contributed by atoms with E-state index in [1.54, 1.807) is 6.07 Å². The monoisotopic (exact) mass is 374 g/mol. The fourth-order valence-electron chi connectivity index (χ4n) is 3.27. The second-order valence-electron chi connectivity index (χ2n) is 7.33. The number of pyridine rings is 1. The predicted octanol–water partition coefficient (Wildman–Crippen LogP) is 5.63. The molecule has 28 heavy (non-hydrogen) atoms. The standard InChI is InChI=1S/C24H23FN2O/c1-17(2)24(3,19-6-4-18(14-26)5-7-19)20-8-12-23(13-9-20)28-16-22-11-10-21(25)15-27-22/h4-13,15,17H,16H2,1-3H3. The molecule has 3 aromatic rings. The Bertz CT molecular complexity index is 957. The highest BCUT2D eigenvalue weighted by molar-refractivity contribution is 5.43. The minimum atomic E-state index is -0.358. The zero-order chi connectivity index (χ0) is 20.1. The molecule has 0 saturated heterocycles. The maximum absolute atomic E-state index is 12.9. The third-order valence-corrected chi connectivity index (χ3v) is 5.40. The van der Waals surface area contributed by atoms with Crippen molar-refractivity contribution in [3.05, 3.63) is 95.1 Å². The fraction of sp³-hybridized carbons (Fsp3) is 0.250. The van der Waals surface area contributed by atoms with E-state index >= 15 is 0 Å². The van der Waals surface area contributed by atoms with Gasteiger partial charge in [0.15, 0.2) is 0 Å². The van der Waals surface area contributed by atoms with Crippen LogP contribution in [-0.2, 0) is 12.0 Å². The summed E-state index contributed by atoms with van der Waals surface area (Å²) < 4.78 is 18.7. The average molecular weight is 374 g/mol. The van der Waals surface area contributed by atoms with E-state index in [0.717, 1.165) is 5.75 Å². The summed E-state index contributed by atoms with van der Waals surface area (Å²) in [6.45, 7) is 6.90. The van der Waals surface area contributed by atoms with Crippen LogP contribution in [0.1, 0.15) is 43.2 Å². The molecule has 1 heterocycles. The molecular weight excluding hydrogens is 351 g/mol. The van der Waals surface area contributed by atoms with E-state index in [9.17, 15) is 4.39 Å². The SMILES string of the molecule is CC(C)C(C)(c1ccc(C#N)cc1)c1ccc(OCc2ccc(F)cn2)cc1. The van der Waals surface area contributed by atoms with Crippen molar-refractivity contribution < 1.29 is 9.13 Å². The van der Waals surface area contributed by atoms with Gasteiger partial charge in [-0.15, -0.1) is 0 Å². The molecule has 3 nitrogen and oxygen atoms in total. The molecule has 0 amide bonds. The van der Waals surface area contributed by atoms with Crippen molar-refractivity contribution in [1.29, 1.82) is 5.26 Å². The Kier molecular flexibility index (Phi) is 5.75. The van der Waals surface area contributed by atoms with Crippen molar-refractivity contribution in [2.45, 2.75) is 32.8 Å². The lowest BCUT2D eigenvalue weighted by molar-refractivity contribution is 0.300. The van der Waals surface area contributed by atoms with Crippen LogP contribution in [0.2, 0.25) is 0 Å². The largest absolute Gasteiger partial charge is 0.487 e. The Morgan fingerprint density at radius 2 is 1.61 bits per heavy atom. The van der Waals surface area contributed by atoms with E-state index in [0.29, 0.717) is 17.2 Å². The number of hydrogen-bond acceptors (Lipinski definition) is 3. The molecule has 0 bridgehead atoms. The van der Waals surface area contributed by atoms with Gasteiger partial charge in [-0.25, -0.2) is 4.39 Å². The topological polar surface area (TPSA) is 45.9 Å². The van der Waals surface area contributed by atoms with Crippen LogP contribution in [-0.4, -0.2) is 4.98 Å². The van der Waals surface area contributed by atoms with E-state index in [4.69, 9.17) is 10.00 Å². The van der Waals surface area contributed by atoms with E-state index in [1.165, 1.54) is 23.4 Å². The molecule has 1 aromatic heterocycles. The molecule has 4 heteroatoms. The van der Waals surface area contributed by atoms with E-state index < -0.39 is 0 Å². The molecule has 0 N–H and O–H groups in total. The summed E-state index contributed by atoms with van der Waals surface area (Å²) in [5.41, 5.74) is 3.50. The molecule has 0 aliphatic carbocycles. The summed E-state index contributed by atoms with van der Waals surface area (Å²) in [4.78, 5) is 4.00. The average Bonchev–Trinajstić information content (AvgIpc) is 2.73. The van der Waals surface area contributed by atoms with Gasteiger partial charge in [0.2, 0.25) is 0 Å². The van der Waals surface area contributed by atoms with Crippen LogP contribution in [0, 0.1) is 23.1 Å². The molecule has 1 atom stereocenters. The Hall–Kier alpha value is -3.19. The molecule has 0 saturated carbocycles. The highest BCUT2D eigenvalue weighted by atomic mass is 19.1. The summed E-state index contributed by atoms with van der Waals surface area (Å²) in [7, 11) is 0. The second kappa shape index (κ2) is 8.22. The van der Waals surface area contributed by atoms with Crippen LogP contribution in [0.5, 0.6) is 5.75 Å². The van der Waals surface area contributed by atoms with Gasteiger partial charge >= 0.3 is 0 Å². The Morgan fingerprint density at radius 1 is 1.00 bits per heavy atom. The summed E-state index contributed by atoms with van der Waals surface area (Å²) in [5.74, 6) is 0.736. The first-order valence-corrected chi connectivity index (χ1v) is 9.28. The molecule has 0 aliphatic rings. The van der Waals surface area contributed by atoms with Gasteiger partial charge in [-0.2, -0.15) is 5.26 Å². The number of aromatic nitrogens is 1. The van der Waals surface area contributed by atoms with Crippen molar-refractivity contribution in [2.24, 2.45) is 5.92 Å². The fourth-order valence-corrected chi connectivity index (χ4v) is 3.27. The van der Waals surface area contributed by atoms with Gasteiger partial charge in [-0.1, -0.05) is 45.0 Å². The summed E-state index contributed by atoms with van der Waals surface area (Å²) in [5, 5.41) is 9.05. The first-order chi connectivity index (χ1) is 13.4. The lowest BCUT2D eigenvalue weighted by atomic mass is 9.68. The maximum atomic E-state index is 12.9. The quantitative estimate of drug-likeness (QED) is 0.561. The van der Waals surface area contributed by atoms with Gasteiger partial charge in [0.25, 0.3) is 0 Å². The molecular formula is C24H23FN2O. The van der Waals surface area contributed by atoms with Crippen molar-refractivity contribution >= 4 is 0 Å². The third kappa shape index (κ3) is 4.04. The van der Waals surface area contributed by atoms with Gasteiger partial charge in [-0.3, -0.25) is 4.98 Å². The van der Waals surface area contributed by atoms with Crippen LogP contribution in [0.15, 0.2) is 66.9 Å². The zero-order valence-electron chi connectivity index (χ0n) is 16.3. The smallest absolute Gasteiger partial charge is 0.141 e. The molecule has 2 aromatic carbocycles. The van der Waals surface area contributed by atoms with E-state index in [1.807, 2.05) is 36.4 Å². The summed E-state index contributed by atoms with van der Waals surface area (Å²) in [6.07, 6.45) is 1.19. The van der Waals surface area contributed by atoms with E-state index in [-0.39, 0.29) is 17.8 Å². The number of ether oxygens (including phenoxy) is 1.